The van der Waals surface area contributed by atoms with Gasteiger partial charge in [-0.05, 0) is 0 Å². The van der Waals surface area contributed by atoms with E-state index in [1.54, 1.807) is 0 Å². The van der Waals surface area contributed by atoms with Crippen molar-refractivity contribution in [2.24, 2.45) is 0 Å². The van der Waals surface area contributed by atoms with Gasteiger partial charge in [0, 0.05) is 10.4 Å². The first kappa shape index (κ1) is 58.2. The normalized spacial score (nSPS) is 10.0. The third-order valence-electron chi connectivity index (χ3n) is 0. The van der Waals surface area contributed by atoms with Crippen LogP contribution in [0.4, 0.5) is 0 Å². The fourth-order valence-corrected chi connectivity index (χ4v) is 0. The quantitative estimate of drug-likeness (QED) is 0.0994. The van der Waals surface area contributed by atoms with Crippen LogP contribution in [0.3, 0.4) is 0 Å². The molecule has 0 heterocycles. The molecule has 0 atom stereocenters. The van der Waals surface area contributed by atoms with E-state index in [1.165, 1.54) is 0 Å². The summed E-state index contributed by atoms with van der Waals surface area (Å²) >= 11 is -18.1. The molecular formula is H10Ce2Mo3N2O20S2. The summed E-state index contributed by atoms with van der Waals surface area (Å²) in [5, 5.41) is 0. The molecule has 0 aromatic rings. The van der Waals surface area contributed by atoms with Crippen molar-refractivity contribution in [2.75, 3.05) is 0 Å². The van der Waals surface area contributed by atoms with Gasteiger partial charge in [0.05, 0.1) is 0 Å². The van der Waals surface area contributed by atoms with Crippen LogP contribution in [0.2, 0.25) is 0 Å². The standard InChI is InChI=1S/2Ce.3Mo.2H3N.2H2O4S.12O/c;;;;;;;2*1-5(2,3)4;;;;;;;;;;;;/h;;;;;2*1H3;2*(H2,1,2,3,4);;;;;;;;;;;;/q2*+3;;;;;;;;;;;;;;6*-1. The molecule has 178 valence electrons. The zero-order chi connectivity index (χ0) is 22.5. The topological polar surface area (TPSA) is 469 Å². The van der Waals surface area contributed by atoms with Crippen molar-refractivity contribution in [2.45, 2.75) is 0 Å². The van der Waals surface area contributed by atoms with Gasteiger partial charge >= 0.3 is 187 Å². The molecule has 0 fully saturated rings. The van der Waals surface area contributed by atoms with Crippen molar-refractivity contribution in [3.05, 3.63) is 0 Å². The van der Waals surface area contributed by atoms with Gasteiger partial charge in [0.15, 0.2) is 0 Å². The molecule has 0 aliphatic rings. The Morgan fingerprint density at radius 3 is 0.517 bits per heavy atom. The average Bonchev–Trinajstić information content (AvgIpc) is 1.79. The molecule has 0 saturated heterocycles. The van der Waals surface area contributed by atoms with Crippen molar-refractivity contribution in [3.8, 4) is 0 Å². The SMILES string of the molecule is O=S(=O)(O)O.O=S(=O)([O-])[O-].[Ce+3].[Ce+3].[NH4+].[NH4+].[O]=[Mo](=[O])([O-])[O-].[O]=[Mo](=[O])([O-])[O-].[O]=[Mo](=[O])([O-])[O-]. The Balaban J connectivity index is -0.0000000238. The second-order valence-corrected chi connectivity index (χ2v) is 9.81. The molecule has 0 rings (SSSR count). The Labute approximate surface area is 240 Å². The van der Waals surface area contributed by atoms with Crippen LogP contribution in [0.25, 0.3) is 0 Å². The molecule has 29 heteroatoms. The van der Waals surface area contributed by atoms with Gasteiger partial charge in [0.2, 0.25) is 0 Å². The second kappa shape index (κ2) is 25.7. The van der Waals surface area contributed by atoms with Crippen LogP contribution in [0.5, 0.6) is 0 Å². The summed E-state index contributed by atoms with van der Waals surface area (Å²) in [6.07, 6.45) is 0. The van der Waals surface area contributed by atoms with Crippen LogP contribution in [-0.4, -0.2) is 35.0 Å². The van der Waals surface area contributed by atoms with Crippen LogP contribution >= 0.6 is 0 Å². The van der Waals surface area contributed by atoms with Gasteiger partial charge in [-0.3, -0.25) is 17.5 Å². The van der Waals surface area contributed by atoms with Gasteiger partial charge in [-0.2, -0.15) is 8.42 Å². The Morgan fingerprint density at radius 2 is 0.517 bits per heavy atom. The van der Waals surface area contributed by atoms with E-state index in [0.717, 1.165) is 0 Å². The van der Waals surface area contributed by atoms with E-state index >= 15 is 0 Å². The van der Waals surface area contributed by atoms with E-state index in [-0.39, 0.29) is 95.8 Å². The molecular weight excluding hydrogens is 980 g/mol. The first-order valence-electron chi connectivity index (χ1n) is 3.37. The van der Waals surface area contributed by atoms with E-state index in [1.807, 2.05) is 0 Å². The zero-order valence-corrected chi connectivity index (χ0v) is 27.2. The van der Waals surface area contributed by atoms with Gasteiger partial charge < -0.3 is 21.4 Å². The number of hydrogen-bond acceptors (Lipinski definition) is 18. The number of rotatable bonds is 0. The second-order valence-electron chi connectivity index (χ2n) is 2.08. The summed E-state index contributed by atoms with van der Waals surface area (Å²) in [6, 6.07) is 0. The summed E-state index contributed by atoms with van der Waals surface area (Å²) in [7, 11) is -9.83. The molecule has 10 N–H and O–H groups in total. The molecule has 2 radical (unpaired) electrons. The molecule has 29 heavy (non-hydrogen) atoms. The van der Waals surface area contributed by atoms with Crippen LogP contribution in [-0.2, 0) is 91.4 Å². The van der Waals surface area contributed by atoms with Crippen molar-refractivity contribution < 1.29 is 212 Å². The van der Waals surface area contributed by atoms with Crippen molar-refractivity contribution in [1.82, 2.24) is 12.3 Å². The van der Waals surface area contributed by atoms with E-state index in [9.17, 15) is 0 Å². The zero-order valence-electron chi connectivity index (χ0n) is 13.3. The van der Waals surface area contributed by atoms with E-state index in [0.29, 0.717) is 0 Å². The minimum absolute atomic E-state index is 0. The average molecular weight is 990 g/mol. The Hall–Kier alpha value is 3.04. The van der Waals surface area contributed by atoms with Gasteiger partial charge in [-0.1, -0.05) is 0 Å². The van der Waals surface area contributed by atoms with Crippen LogP contribution < -0.4 is 34.9 Å². The molecule has 0 aromatic carbocycles. The van der Waals surface area contributed by atoms with Crippen LogP contribution in [0, 0.1) is 83.5 Å². The summed E-state index contributed by atoms with van der Waals surface area (Å²) in [4.78, 5) is 0. The van der Waals surface area contributed by atoms with Crippen molar-refractivity contribution >= 4 is 20.8 Å². The van der Waals surface area contributed by atoms with Gasteiger partial charge in [0.25, 0.3) is 0 Å². The Morgan fingerprint density at radius 1 is 0.517 bits per heavy atom. The van der Waals surface area contributed by atoms with Gasteiger partial charge in [0.1, 0.15) is 0 Å². The third kappa shape index (κ3) is 2840. The first-order chi connectivity index (χ1) is 10.0. The third-order valence-corrected chi connectivity index (χ3v) is 0. The molecule has 0 aromatic heterocycles. The van der Waals surface area contributed by atoms with Crippen LogP contribution in [0.1, 0.15) is 0 Å². The molecule has 0 spiro atoms. The molecule has 22 nitrogen and oxygen atoms in total. The molecule has 0 saturated carbocycles. The fourth-order valence-electron chi connectivity index (χ4n) is 0. The summed E-state index contributed by atoms with van der Waals surface area (Å²) in [6.45, 7) is 0. The monoisotopic (exact) mass is 995 g/mol. The number of hydrogen-bond donors (Lipinski definition) is 4. The number of quaternary nitrogens is 2. The van der Waals surface area contributed by atoms with Gasteiger partial charge in [-0.25, -0.2) is 0 Å². The van der Waals surface area contributed by atoms with Crippen molar-refractivity contribution in [3.63, 3.8) is 0 Å². The predicted molar refractivity (Wildman–Crippen MR) is 40.7 cm³/mol. The van der Waals surface area contributed by atoms with Gasteiger partial charge in [-0.15, -0.1) is 0 Å². The maximum atomic E-state index is 8.74. The Kier molecular flexibility index (Phi) is 51.4. The van der Waals surface area contributed by atoms with Crippen LogP contribution in [0.15, 0.2) is 0 Å². The first-order valence-corrected chi connectivity index (χ1v) is 15.9. The maximum absolute atomic E-state index is 8.74. The molecule has 0 unspecified atom stereocenters. The molecule has 0 amide bonds. The van der Waals surface area contributed by atoms with E-state index in [2.05, 4.69) is 0 Å². The Bertz CT molecular complexity index is 634. The van der Waals surface area contributed by atoms with E-state index in [4.69, 9.17) is 78.0 Å². The summed E-state index contributed by atoms with van der Waals surface area (Å²) in [5.74, 6) is 0. The summed E-state index contributed by atoms with van der Waals surface area (Å²) < 4.78 is 169. The fraction of sp³-hybridized carbons (Fsp3) is 0. The van der Waals surface area contributed by atoms with Crippen molar-refractivity contribution in [1.29, 1.82) is 0 Å². The molecule has 0 aliphatic carbocycles. The molecule has 0 aliphatic heterocycles. The summed E-state index contributed by atoms with van der Waals surface area (Å²) in [5.41, 5.74) is 0. The molecule has 0 bridgehead atoms. The predicted octanol–water partition coefficient (Wildman–Crippen LogP) is -9.09. The minimum atomic E-state index is -6.02. The van der Waals surface area contributed by atoms with E-state index < -0.39 is 71.0 Å².